The molecule has 2 N–H and O–H groups in total. The Hall–Kier alpha value is -0.850. The molecule has 2 aliphatic rings. The molecular formula is C19H38N4O2. The van der Waals surface area contributed by atoms with Crippen LogP contribution in [0.1, 0.15) is 47.0 Å². The van der Waals surface area contributed by atoms with Gasteiger partial charge in [-0.15, -0.1) is 0 Å². The molecule has 2 atom stereocenters. The fraction of sp³-hybridized carbons (Fsp3) is 0.947. The number of aliphatic imine (C=N–C) groups is 1. The Kier molecular flexibility index (Phi) is 8.99. The summed E-state index contributed by atoms with van der Waals surface area (Å²) in [6.45, 7) is 15.4. The molecule has 2 saturated heterocycles. The second-order valence-electron chi connectivity index (χ2n) is 7.57. The maximum atomic E-state index is 5.92. The van der Waals surface area contributed by atoms with Crippen LogP contribution < -0.4 is 10.6 Å². The first kappa shape index (κ1) is 20.5. The number of hydrogen-bond acceptors (Lipinski definition) is 4. The van der Waals surface area contributed by atoms with Gasteiger partial charge in [-0.1, -0.05) is 6.92 Å². The van der Waals surface area contributed by atoms with Crippen LogP contribution in [0.2, 0.25) is 0 Å². The zero-order valence-electron chi connectivity index (χ0n) is 16.6. The highest BCUT2D eigenvalue weighted by molar-refractivity contribution is 5.80. The second-order valence-corrected chi connectivity index (χ2v) is 7.57. The molecule has 6 nitrogen and oxygen atoms in total. The molecule has 2 aliphatic heterocycles. The highest BCUT2D eigenvalue weighted by Crippen LogP contribution is 2.18. The molecule has 0 spiro atoms. The minimum absolute atomic E-state index is 0.380. The van der Waals surface area contributed by atoms with Crippen molar-refractivity contribution in [3.63, 3.8) is 0 Å². The van der Waals surface area contributed by atoms with Crippen molar-refractivity contribution in [1.29, 1.82) is 0 Å². The Labute approximate surface area is 153 Å². The fourth-order valence-corrected chi connectivity index (χ4v) is 3.46. The molecule has 2 unspecified atom stereocenters. The Morgan fingerprint density at radius 2 is 2.04 bits per heavy atom. The smallest absolute Gasteiger partial charge is 0.191 e. The van der Waals surface area contributed by atoms with Crippen LogP contribution in [0, 0.1) is 5.92 Å². The zero-order chi connectivity index (χ0) is 18.1. The van der Waals surface area contributed by atoms with Gasteiger partial charge in [0, 0.05) is 58.1 Å². The quantitative estimate of drug-likeness (QED) is 0.396. The molecule has 0 aromatic rings. The van der Waals surface area contributed by atoms with Gasteiger partial charge in [0.05, 0.1) is 6.10 Å². The molecule has 2 heterocycles. The summed E-state index contributed by atoms with van der Waals surface area (Å²) in [7, 11) is 0. The molecule has 0 aliphatic carbocycles. The van der Waals surface area contributed by atoms with Crippen molar-refractivity contribution in [2.45, 2.75) is 65.1 Å². The van der Waals surface area contributed by atoms with Crippen LogP contribution >= 0.6 is 0 Å². The van der Waals surface area contributed by atoms with Crippen LogP contribution in [0.25, 0.3) is 0 Å². The highest BCUT2D eigenvalue weighted by Gasteiger charge is 2.31. The van der Waals surface area contributed by atoms with Crippen molar-refractivity contribution in [3.8, 4) is 0 Å². The average molecular weight is 355 g/mol. The summed E-state index contributed by atoms with van der Waals surface area (Å²) < 4.78 is 11.3. The maximum Gasteiger partial charge on any atom is 0.191 e. The molecule has 0 bridgehead atoms. The van der Waals surface area contributed by atoms with Gasteiger partial charge in [-0.25, -0.2) is 0 Å². The second kappa shape index (κ2) is 11.0. The van der Waals surface area contributed by atoms with Gasteiger partial charge in [0.25, 0.3) is 0 Å². The first-order valence-electron chi connectivity index (χ1n) is 10.1. The lowest BCUT2D eigenvalue weighted by atomic mass is 10.1. The van der Waals surface area contributed by atoms with Crippen LogP contribution in [0.5, 0.6) is 0 Å². The van der Waals surface area contributed by atoms with Crippen LogP contribution in [0.15, 0.2) is 4.99 Å². The number of likely N-dealkylation sites (tertiary alicyclic amines) is 1. The van der Waals surface area contributed by atoms with E-state index in [0.717, 1.165) is 71.2 Å². The van der Waals surface area contributed by atoms with Crippen molar-refractivity contribution in [3.05, 3.63) is 0 Å². The van der Waals surface area contributed by atoms with E-state index in [2.05, 4.69) is 43.2 Å². The number of nitrogens with zero attached hydrogens (tertiary/aromatic N) is 2. The Bertz CT molecular complexity index is 397. The van der Waals surface area contributed by atoms with E-state index < -0.39 is 0 Å². The molecule has 2 rings (SSSR count). The van der Waals surface area contributed by atoms with Gasteiger partial charge in [0.1, 0.15) is 0 Å². The first-order valence-corrected chi connectivity index (χ1v) is 10.1. The van der Waals surface area contributed by atoms with E-state index in [4.69, 9.17) is 14.5 Å². The van der Waals surface area contributed by atoms with Crippen molar-refractivity contribution < 1.29 is 9.47 Å². The van der Waals surface area contributed by atoms with Gasteiger partial charge in [-0.05, 0) is 46.0 Å². The van der Waals surface area contributed by atoms with Crippen LogP contribution in [0.4, 0.5) is 0 Å². The molecule has 0 amide bonds. The zero-order valence-corrected chi connectivity index (χ0v) is 16.6. The van der Waals surface area contributed by atoms with Gasteiger partial charge >= 0.3 is 0 Å². The van der Waals surface area contributed by atoms with E-state index in [-0.39, 0.29) is 0 Å². The predicted octanol–water partition coefficient (Wildman–Crippen LogP) is 1.86. The molecule has 0 aromatic carbocycles. The first-order chi connectivity index (χ1) is 12.1. The molecular weight excluding hydrogens is 316 g/mol. The molecule has 0 aromatic heterocycles. The SMILES string of the molecule is CCNC(=NCCCOC1CCOCC1)NC1CN(C(C)C)CC1C. The van der Waals surface area contributed by atoms with Crippen molar-refractivity contribution in [2.24, 2.45) is 10.9 Å². The van der Waals surface area contributed by atoms with Gasteiger partial charge < -0.3 is 20.1 Å². The fourth-order valence-electron chi connectivity index (χ4n) is 3.46. The Balaban J connectivity index is 1.70. The molecule has 6 heteroatoms. The largest absolute Gasteiger partial charge is 0.381 e. The average Bonchev–Trinajstić information content (AvgIpc) is 2.97. The van der Waals surface area contributed by atoms with Crippen molar-refractivity contribution in [2.75, 3.05) is 46.0 Å². The van der Waals surface area contributed by atoms with E-state index in [9.17, 15) is 0 Å². The molecule has 2 fully saturated rings. The van der Waals surface area contributed by atoms with Crippen molar-refractivity contribution >= 4 is 5.96 Å². The number of rotatable bonds is 8. The third kappa shape index (κ3) is 7.12. The number of ether oxygens (including phenoxy) is 2. The van der Waals surface area contributed by atoms with Gasteiger partial charge in [0.15, 0.2) is 5.96 Å². The summed E-state index contributed by atoms with van der Waals surface area (Å²) >= 11 is 0. The minimum atomic E-state index is 0.380. The van der Waals surface area contributed by atoms with Gasteiger partial charge in [-0.3, -0.25) is 9.89 Å². The topological polar surface area (TPSA) is 58.1 Å². The number of hydrogen-bond donors (Lipinski definition) is 2. The molecule has 0 saturated carbocycles. The standard InChI is InChI=1S/C19H38N4O2/c1-5-20-19(22-18-14-23(15(2)3)13-16(18)4)21-9-6-10-25-17-7-11-24-12-8-17/h15-18H,5-14H2,1-4H3,(H2,20,21,22). The summed E-state index contributed by atoms with van der Waals surface area (Å²) in [6, 6.07) is 1.08. The highest BCUT2D eigenvalue weighted by atomic mass is 16.5. The minimum Gasteiger partial charge on any atom is -0.381 e. The van der Waals surface area contributed by atoms with Crippen molar-refractivity contribution in [1.82, 2.24) is 15.5 Å². The summed E-state index contributed by atoms with van der Waals surface area (Å²) in [5.74, 6) is 1.58. The predicted molar refractivity (Wildman–Crippen MR) is 103 cm³/mol. The lowest BCUT2D eigenvalue weighted by Crippen LogP contribution is -2.46. The van der Waals surface area contributed by atoms with E-state index in [1.807, 2.05) is 0 Å². The summed E-state index contributed by atoms with van der Waals surface area (Å²) in [5, 5.41) is 7.01. The van der Waals surface area contributed by atoms with Gasteiger partial charge in [-0.2, -0.15) is 0 Å². The lowest BCUT2D eigenvalue weighted by molar-refractivity contribution is -0.0318. The molecule has 25 heavy (non-hydrogen) atoms. The third-order valence-electron chi connectivity index (χ3n) is 5.13. The third-order valence-corrected chi connectivity index (χ3v) is 5.13. The normalized spacial score (nSPS) is 26.4. The van der Waals surface area contributed by atoms with E-state index in [0.29, 0.717) is 24.1 Å². The Morgan fingerprint density at radius 3 is 2.68 bits per heavy atom. The summed E-state index contributed by atoms with van der Waals surface area (Å²) in [6.07, 6.45) is 3.40. The number of nitrogens with one attached hydrogen (secondary N) is 2. The van der Waals surface area contributed by atoms with Crippen LogP contribution in [-0.4, -0.2) is 75.0 Å². The Morgan fingerprint density at radius 1 is 1.28 bits per heavy atom. The van der Waals surface area contributed by atoms with Crippen LogP contribution in [-0.2, 0) is 9.47 Å². The van der Waals surface area contributed by atoms with E-state index >= 15 is 0 Å². The molecule has 0 radical (unpaired) electrons. The lowest BCUT2D eigenvalue weighted by Gasteiger charge is -2.22. The number of guanidine groups is 1. The summed E-state index contributed by atoms with van der Waals surface area (Å²) in [5.41, 5.74) is 0. The molecule has 146 valence electrons. The maximum absolute atomic E-state index is 5.92. The van der Waals surface area contributed by atoms with E-state index in [1.54, 1.807) is 0 Å². The van der Waals surface area contributed by atoms with Gasteiger partial charge in [0.2, 0.25) is 0 Å². The summed E-state index contributed by atoms with van der Waals surface area (Å²) in [4.78, 5) is 7.27. The van der Waals surface area contributed by atoms with E-state index in [1.165, 1.54) is 0 Å². The van der Waals surface area contributed by atoms with Crippen LogP contribution in [0.3, 0.4) is 0 Å². The monoisotopic (exact) mass is 354 g/mol.